The van der Waals surface area contributed by atoms with E-state index >= 15 is 0 Å². The number of rotatable bonds is 5. The molecule has 144 valence electrons. The number of amidine groups is 1. The third-order valence-corrected chi connectivity index (χ3v) is 4.77. The second kappa shape index (κ2) is 9.70. The maximum absolute atomic E-state index is 13.1. The van der Waals surface area contributed by atoms with Crippen LogP contribution in [0, 0.1) is 13.8 Å². The Morgan fingerprint density at radius 3 is 2.59 bits per heavy atom. The zero-order valence-electron chi connectivity index (χ0n) is 16.2. The lowest BCUT2D eigenvalue weighted by Gasteiger charge is -2.29. The van der Waals surface area contributed by atoms with Gasteiger partial charge in [0.1, 0.15) is 11.6 Å². The predicted molar refractivity (Wildman–Crippen MR) is 117 cm³/mol. The zero-order chi connectivity index (χ0) is 18.5. The van der Waals surface area contributed by atoms with E-state index in [1.165, 1.54) is 0 Å². The van der Waals surface area contributed by atoms with Gasteiger partial charge in [-0.15, -0.1) is 17.0 Å². The van der Waals surface area contributed by atoms with E-state index in [4.69, 9.17) is 9.73 Å². The van der Waals surface area contributed by atoms with Crippen LogP contribution in [0.5, 0.6) is 5.75 Å². The Balaban J connectivity index is 0.00000261. The van der Waals surface area contributed by atoms with E-state index in [0.717, 1.165) is 59.8 Å². The van der Waals surface area contributed by atoms with Gasteiger partial charge < -0.3 is 9.64 Å². The van der Waals surface area contributed by atoms with Gasteiger partial charge in [-0.05, 0) is 44.4 Å². The minimum Gasteiger partial charge on any atom is -0.495 e. The highest BCUT2D eigenvalue weighted by molar-refractivity contribution is 8.93. The Morgan fingerprint density at radius 2 is 1.93 bits per heavy atom. The molecular formula is C22H27BrN2O2. The molecule has 0 radical (unpaired) electrons. The van der Waals surface area contributed by atoms with Crippen molar-refractivity contribution >= 4 is 34.3 Å². The van der Waals surface area contributed by atoms with Gasteiger partial charge in [0.2, 0.25) is 0 Å². The number of anilines is 1. The number of hydrogen-bond acceptors (Lipinski definition) is 4. The molecule has 0 saturated heterocycles. The summed E-state index contributed by atoms with van der Waals surface area (Å²) in [5.41, 5.74) is 3.85. The molecule has 0 fully saturated rings. The first kappa shape index (κ1) is 21.2. The highest BCUT2D eigenvalue weighted by atomic mass is 79.9. The molecule has 0 atom stereocenters. The monoisotopic (exact) mass is 430 g/mol. The Kier molecular flexibility index (Phi) is 7.60. The van der Waals surface area contributed by atoms with Crippen LogP contribution in [-0.2, 0) is 0 Å². The maximum Gasteiger partial charge on any atom is 0.182 e. The Bertz CT molecular complexity index is 833. The van der Waals surface area contributed by atoms with Crippen LogP contribution in [0.4, 0.5) is 5.69 Å². The van der Waals surface area contributed by atoms with Gasteiger partial charge in [0, 0.05) is 18.5 Å². The number of benzene rings is 2. The Labute approximate surface area is 172 Å². The molecule has 0 unspecified atom stereocenters. The molecule has 2 aromatic rings. The van der Waals surface area contributed by atoms with Gasteiger partial charge in [0.05, 0.1) is 19.3 Å². The van der Waals surface area contributed by atoms with Crippen LogP contribution in [0.2, 0.25) is 0 Å². The van der Waals surface area contributed by atoms with E-state index in [1.807, 2.05) is 55.1 Å². The number of nitrogens with zero attached hydrogens (tertiary/aromatic N) is 2. The number of carbonyl (C=O) groups is 1. The van der Waals surface area contributed by atoms with Crippen molar-refractivity contribution in [1.82, 2.24) is 0 Å². The van der Waals surface area contributed by atoms with Crippen molar-refractivity contribution in [2.24, 2.45) is 4.99 Å². The first-order chi connectivity index (χ1) is 12.6. The maximum atomic E-state index is 13.1. The van der Waals surface area contributed by atoms with Gasteiger partial charge in [-0.25, -0.2) is 0 Å². The van der Waals surface area contributed by atoms with Crippen LogP contribution in [0.25, 0.3) is 0 Å². The average molecular weight is 431 g/mol. The van der Waals surface area contributed by atoms with E-state index < -0.39 is 0 Å². The molecule has 1 aliphatic rings. The van der Waals surface area contributed by atoms with Crippen molar-refractivity contribution in [2.45, 2.75) is 33.1 Å². The number of para-hydroxylation sites is 2. The summed E-state index contributed by atoms with van der Waals surface area (Å²) in [4.78, 5) is 19.8. The lowest BCUT2D eigenvalue weighted by molar-refractivity contribution is 0.100. The van der Waals surface area contributed by atoms with Crippen molar-refractivity contribution in [3.63, 3.8) is 0 Å². The Hall–Kier alpha value is -2.14. The first-order valence-electron chi connectivity index (χ1n) is 9.14. The Morgan fingerprint density at radius 1 is 1.15 bits per heavy atom. The van der Waals surface area contributed by atoms with Crippen molar-refractivity contribution in [1.29, 1.82) is 0 Å². The van der Waals surface area contributed by atoms with Gasteiger partial charge in [-0.1, -0.05) is 35.9 Å². The third kappa shape index (κ3) is 4.98. The molecule has 0 amide bonds. The summed E-state index contributed by atoms with van der Waals surface area (Å²) in [7, 11) is 1.66. The normalized spacial score (nSPS) is 13.4. The number of ketones is 1. The van der Waals surface area contributed by atoms with Crippen LogP contribution < -0.4 is 9.64 Å². The zero-order valence-corrected chi connectivity index (χ0v) is 17.9. The molecule has 1 aliphatic heterocycles. The summed E-state index contributed by atoms with van der Waals surface area (Å²) >= 11 is 0. The van der Waals surface area contributed by atoms with E-state index in [-0.39, 0.29) is 29.3 Å². The van der Waals surface area contributed by atoms with Crippen LogP contribution >= 0.6 is 17.0 Å². The van der Waals surface area contributed by atoms with Crippen molar-refractivity contribution in [3.05, 3.63) is 59.2 Å². The van der Waals surface area contributed by atoms with Crippen LogP contribution in [-0.4, -0.2) is 31.8 Å². The fourth-order valence-electron chi connectivity index (χ4n) is 3.43. The summed E-state index contributed by atoms with van der Waals surface area (Å²) in [6.07, 6.45) is 3.09. The number of methoxy groups -OCH3 is 1. The second-order valence-electron chi connectivity index (χ2n) is 6.75. The standard InChI is InChI=1S/C22H26N2O2.BrH/c1-16-11-12-18(17(2)14-16)20(25)15-24(22-10-6-7-13-23-22)19-8-4-5-9-21(19)26-3;/h4-5,8-9,11-12,14H,6-7,10,13,15H2,1-3H3;1H. The highest BCUT2D eigenvalue weighted by Crippen LogP contribution is 2.30. The van der Waals surface area contributed by atoms with Crippen molar-refractivity contribution in [3.8, 4) is 5.75 Å². The third-order valence-electron chi connectivity index (χ3n) is 4.77. The number of Topliss-reactive ketones (excluding diaryl/α,β-unsaturated/α-hetero) is 1. The van der Waals surface area contributed by atoms with E-state index in [9.17, 15) is 4.79 Å². The minimum atomic E-state index is 0. The smallest absolute Gasteiger partial charge is 0.182 e. The summed E-state index contributed by atoms with van der Waals surface area (Å²) in [5, 5.41) is 0. The summed E-state index contributed by atoms with van der Waals surface area (Å²) in [5.74, 6) is 1.83. The molecule has 0 bridgehead atoms. The number of ether oxygens (including phenoxy) is 1. The predicted octanol–water partition coefficient (Wildman–Crippen LogP) is 5.16. The van der Waals surface area contributed by atoms with Gasteiger partial charge >= 0.3 is 0 Å². The van der Waals surface area contributed by atoms with Crippen molar-refractivity contribution < 1.29 is 9.53 Å². The second-order valence-corrected chi connectivity index (χ2v) is 6.75. The molecule has 0 aliphatic carbocycles. The number of carbonyl (C=O) groups excluding carboxylic acids is 1. The molecule has 2 aromatic carbocycles. The van der Waals surface area contributed by atoms with Gasteiger partial charge in [0.15, 0.2) is 5.78 Å². The summed E-state index contributed by atoms with van der Waals surface area (Å²) in [6.45, 7) is 5.12. The van der Waals surface area contributed by atoms with Gasteiger partial charge in [0.25, 0.3) is 0 Å². The molecule has 5 heteroatoms. The fourth-order valence-corrected chi connectivity index (χ4v) is 3.43. The topological polar surface area (TPSA) is 41.9 Å². The molecular weight excluding hydrogens is 404 g/mol. The summed E-state index contributed by atoms with van der Waals surface area (Å²) in [6, 6.07) is 13.8. The number of aliphatic imine (C=N–C) groups is 1. The molecule has 27 heavy (non-hydrogen) atoms. The first-order valence-corrected chi connectivity index (χ1v) is 9.14. The van der Waals surface area contributed by atoms with Crippen LogP contribution in [0.3, 0.4) is 0 Å². The SMILES string of the molecule is Br.COc1ccccc1N(CC(=O)c1ccc(C)cc1C)C1=NCCCC1. The van der Waals surface area contributed by atoms with E-state index in [0.29, 0.717) is 0 Å². The molecule has 0 spiro atoms. The molecule has 0 saturated carbocycles. The van der Waals surface area contributed by atoms with Gasteiger partial charge in [-0.3, -0.25) is 9.79 Å². The minimum absolute atomic E-state index is 0. The molecule has 0 aromatic heterocycles. The highest BCUT2D eigenvalue weighted by Gasteiger charge is 2.23. The molecule has 1 heterocycles. The summed E-state index contributed by atoms with van der Waals surface area (Å²) < 4.78 is 5.54. The van der Waals surface area contributed by atoms with Crippen LogP contribution in [0.15, 0.2) is 47.5 Å². The molecule has 4 nitrogen and oxygen atoms in total. The van der Waals surface area contributed by atoms with Gasteiger partial charge in [-0.2, -0.15) is 0 Å². The average Bonchev–Trinajstić information content (AvgIpc) is 2.66. The quantitative estimate of drug-likeness (QED) is 0.614. The number of halogens is 1. The van der Waals surface area contributed by atoms with Crippen molar-refractivity contribution in [2.75, 3.05) is 25.1 Å². The lowest BCUT2D eigenvalue weighted by atomic mass is 10.0. The molecule has 3 rings (SSSR count). The van der Waals surface area contributed by atoms with Crippen LogP contribution in [0.1, 0.15) is 40.7 Å². The van der Waals surface area contributed by atoms with E-state index in [2.05, 4.69) is 6.07 Å². The molecule has 0 N–H and O–H groups in total. The fraction of sp³-hybridized carbons (Fsp3) is 0.364. The van der Waals surface area contributed by atoms with E-state index in [1.54, 1.807) is 7.11 Å². The number of aryl methyl sites for hydroxylation is 2. The number of hydrogen-bond donors (Lipinski definition) is 0. The largest absolute Gasteiger partial charge is 0.495 e. The lowest BCUT2D eigenvalue weighted by Crippen LogP contribution is -2.37.